The van der Waals surface area contributed by atoms with E-state index in [1.54, 1.807) is 4.90 Å². The monoisotopic (exact) mass is 304 g/mol. The highest BCUT2D eigenvalue weighted by atomic mass is 16.6. The van der Waals surface area contributed by atoms with Crippen molar-refractivity contribution in [1.82, 2.24) is 4.90 Å². The van der Waals surface area contributed by atoms with E-state index in [0.29, 0.717) is 19.0 Å². The number of likely N-dealkylation sites (tertiary alicyclic amines) is 1. The maximum atomic E-state index is 12.2. The quantitative estimate of drug-likeness (QED) is 0.865. The van der Waals surface area contributed by atoms with Crippen LogP contribution in [0.3, 0.4) is 0 Å². The van der Waals surface area contributed by atoms with Crippen LogP contribution in [-0.2, 0) is 4.74 Å². The number of ether oxygens (including phenoxy) is 1. The fourth-order valence-electron chi connectivity index (χ4n) is 3.02. The van der Waals surface area contributed by atoms with Crippen LogP contribution in [0.2, 0.25) is 0 Å². The number of nitrogens with two attached hydrogens (primary N) is 1. The molecule has 4 nitrogen and oxygen atoms in total. The van der Waals surface area contributed by atoms with Crippen LogP contribution in [0.4, 0.5) is 4.79 Å². The molecule has 0 unspecified atom stereocenters. The van der Waals surface area contributed by atoms with Crippen molar-refractivity contribution in [3.05, 3.63) is 34.9 Å². The van der Waals surface area contributed by atoms with Crippen molar-refractivity contribution in [2.75, 3.05) is 13.1 Å². The molecule has 0 saturated carbocycles. The zero-order chi connectivity index (χ0) is 16.5. The third-order valence-electron chi connectivity index (χ3n) is 4.14. The van der Waals surface area contributed by atoms with Crippen molar-refractivity contribution >= 4 is 6.09 Å². The van der Waals surface area contributed by atoms with E-state index < -0.39 is 5.60 Å². The van der Waals surface area contributed by atoms with Crippen LogP contribution in [0.15, 0.2) is 18.2 Å². The Morgan fingerprint density at radius 3 is 2.59 bits per heavy atom. The van der Waals surface area contributed by atoms with Crippen molar-refractivity contribution in [3.8, 4) is 0 Å². The highest BCUT2D eigenvalue weighted by Gasteiger charge is 2.32. The van der Waals surface area contributed by atoms with Crippen LogP contribution >= 0.6 is 0 Å². The molecule has 0 bridgehead atoms. The first-order chi connectivity index (χ1) is 10.2. The number of hydrogen-bond acceptors (Lipinski definition) is 3. The Hall–Kier alpha value is -1.55. The number of amides is 1. The highest BCUT2D eigenvalue weighted by molar-refractivity contribution is 5.68. The molecule has 4 heteroatoms. The smallest absolute Gasteiger partial charge is 0.410 e. The van der Waals surface area contributed by atoms with Crippen molar-refractivity contribution in [3.63, 3.8) is 0 Å². The van der Waals surface area contributed by atoms with Gasteiger partial charge in [0.05, 0.1) is 0 Å². The topological polar surface area (TPSA) is 55.6 Å². The highest BCUT2D eigenvalue weighted by Crippen LogP contribution is 2.30. The molecule has 22 heavy (non-hydrogen) atoms. The molecule has 0 aliphatic carbocycles. The van der Waals surface area contributed by atoms with E-state index in [2.05, 4.69) is 32.0 Å². The summed E-state index contributed by atoms with van der Waals surface area (Å²) in [4.78, 5) is 13.9. The van der Waals surface area contributed by atoms with Gasteiger partial charge in [-0.25, -0.2) is 4.79 Å². The molecule has 1 fully saturated rings. The first-order valence-corrected chi connectivity index (χ1v) is 7.98. The van der Waals surface area contributed by atoms with Gasteiger partial charge in [-0.05, 0) is 52.2 Å². The Kier molecular flexibility index (Phi) is 4.81. The second-order valence-electron chi connectivity index (χ2n) is 7.35. The van der Waals surface area contributed by atoms with Gasteiger partial charge in [0.2, 0.25) is 0 Å². The second-order valence-corrected chi connectivity index (χ2v) is 7.35. The summed E-state index contributed by atoms with van der Waals surface area (Å²) in [5.41, 5.74) is 9.75. The van der Waals surface area contributed by atoms with E-state index in [1.165, 1.54) is 16.7 Å². The van der Waals surface area contributed by atoms with Gasteiger partial charge in [-0.1, -0.05) is 23.8 Å². The molecule has 2 N–H and O–H groups in total. The Morgan fingerprint density at radius 1 is 1.32 bits per heavy atom. The molecule has 0 spiro atoms. The predicted molar refractivity (Wildman–Crippen MR) is 89.1 cm³/mol. The average Bonchev–Trinajstić information content (AvgIpc) is 2.40. The molecule has 122 valence electrons. The number of hydrogen-bond donors (Lipinski definition) is 1. The first-order valence-electron chi connectivity index (χ1n) is 7.98. The molecule has 2 rings (SSSR count). The van der Waals surface area contributed by atoms with E-state index in [1.807, 2.05) is 20.8 Å². The van der Waals surface area contributed by atoms with Crippen LogP contribution in [0.5, 0.6) is 0 Å². The van der Waals surface area contributed by atoms with E-state index in [-0.39, 0.29) is 12.1 Å². The summed E-state index contributed by atoms with van der Waals surface area (Å²) < 4.78 is 5.44. The Labute approximate surface area is 133 Å². The normalized spacial score (nSPS) is 22.5. The number of nitrogens with zero attached hydrogens (tertiary/aromatic N) is 1. The lowest BCUT2D eigenvalue weighted by Crippen LogP contribution is -2.50. The van der Waals surface area contributed by atoms with Crippen LogP contribution in [-0.4, -0.2) is 35.7 Å². The van der Waals surface area contributed by atoms with Gasteiger partial charge in [-0.15, -0.1) is 0 Å². The third kappa shape index (κ3) is 4.01. The van der Waals surface area contributed by atoms with Crippen LogP contribution in [0.25, 0.3) is 0 Å². The van der Waals surface area contributed by atoms with Crippen molar-refractivity contribution in [2.24, 2.45) is 5.73 Å². The average molecular weight is 304 g/mol. The maximum Gasteiger partial charge on any atom is 0.410 e. The zero-order valence-electron chi connectivity index (χ0n) is 14.3. The fourth-order valence-corrected chi connectivity index (χ4v) is 3.02. The molecule has 1 aliphatic rings. The van der Waals surface area contributed by atoms with E-state index >= 15 is 0 Å². The molecule has 0 radical (unpaired) electrons. The molecular weight excluding hydrogens is 276 g/mol. The SMILES string of the molecule is Cc1ccc(C)c([C@@H]2CCN(C(=O)OC(C)(C)C)C[C@@H]2N)c1. The first kappa shape index (κ1) is 16.8. The summed E-state index contributed by atoms with van der Waals surface area (Å²) in [6.07, 6.45) is 0.618. The van der Waals surface area contributed by atoms with E-state index in [9.17, 15) is 4.79 Å². The number of rotatable bonds is 1. The molecule has 1 heterocycles. The Morgan fingerprint density at radius 2 is 2.00 bits per heavy atom. The summed E-state index contributed by atoms with van der Waals surface area (Å²) in [6.45, 7) is 11.1. The third-order valence-corrected chi connectivity index (χ3v) is 4.14. The van der Waals surface area contributed by atoms with Crippen LogP contribution < -0.4 is 5.73 Å². The minimum atomic E-state index is -0.467. The molecule has 1 saturated heterocycles. The summed E-state index contributed by atoms with van der Waals surface area (Å²) in [6, 6.07) is 6.45. The molecule has 1 aromatic rings. The standard InChI is InChI=1S/C18H28N2O2/c1-12-6-7-13(2)15(10-12)14-8-9-20(11-16(14)19)17(21)22-18(3,4)5/h6-7,10,14,16H,8-9,11,19H2,1-5H3/t14-,16-/m0/s1. The van der Waals surface area contributed by atoms with Gasteiger partial charge in [0.25, 0.3) is 0 Å². The van der Waals surface area contributed by atoms with Gasteiger partial charge in [0, 0.05) is 25.0 Å². The molecule has 1 aromatic carbocycles. The number of aryl methyl sites for hydroxylation is 2. The Balaban J connectivity index is 2.07. The molecule has 1 aliphatic heterocycles. The van der Waals surface area contributed by atoms with E-state index in [0.717, 1.165) is 6.42 Å². The van der Waals surface area contributed by atoms with E-state index in [4.69, 9.17) is 10.5 Å². The molecule has 2 atom stereocenters. The lowest BCUT2D eigenvalue weighted by atomic mass is 9.83. The summed E-state index contributed by atoms with van der Waals surface area (Å²) in [5.74, 6) is 0.304. The van der Waals surface area contributed by atoms with Crippen molar-refractivity contribution in [1.29, 1.82) is 0 Å². The van der Waals surface area contributed by atoms with Gasteiger partial charge < -0.3 is 15.4 Å². The minimum absolute atomic E-state index is 0.0539. The van der Waals surface area contributed by atoms with Gasteiger partial charge in [0.15, 0.2) is 0 Å². The van der Waals surface area contributed by atoms with Crippen LogP contribution in [0.1, 0.15) is 49.8 Å². The van der Waals surface area contributed by atoms with Gasteiger partial charge in [-0.3, -0.25) is 0 Å². The molecule has 0 aromatic heterocycles. The Bertz CT molecular complexity index is 549. The summed E-state index contributed by atoms with van der Waals surface area (Å²) >= 11 is 0. The molecule has 1 amide bonds. The molecular formula is C18H28N2O2. The lowest BCUT2D eigenvalue weighted by Gasteiger charge is -2.38. The number of carbonyl (C=O) groups excluding carboxylic acids is 1. The lowest BCUT2D eigenvalue weighted by molar-refractivity contribution is 0.0186. The predicted octanol–water partition coefficient (Wildman–Crippen LogP) is 3.36. The largest absolute Gasteiger partial charge is 0.444 e. The number of benzene rings is 1. The zero-order valence-corrected chi connectivity index (χ0v) is 14.3. The maximum absolute atomic E-state index is 12.2. The second kappa shape index (κ2) is 6.29. The van der Waals surface area contributed by atoms with Gasteiger partial charge in [-0.2, -0.15) is 0 Å². The van der Waals surface area contributed by atoms with Crippen LogP contribution in [0, 0.1) is 13.8 Å². The summed E-state index contributed by atoms with van der Waals surface area (Å²) in [7, 11) is 0. The van der Waals surface area contributed by atoms with Crippen molar-refractivity contribution < 1.29 is 9.53 Å². The van der Waals surface area contributed by atoms with Gasteiger partial charge in [0.1, 0.15) is 5.60 Å². The minimum Gasteiger partial charge on any atom is -0.444 e. The summed E-state index contributed by atoms with van der Waals surface area (Å²) in [5, 5.41) is 0. The van der Waals surface area contributed by atoms with Gasteiger partial charge >= 0.3 is 6.09 Å². The fraction of sp³-hybridized carbons (Fsp3) is 0.611. The number of carbonyl (C=O) groups is 1. The number of piperidine rings is 1. The van der Waals surface area contributed by atoms with Crippen molar-refractivity contribution in [2.45, 2.75) is 58.6 Å².